The molecule has 1 saturated carbocycles. The van der Waals surface area contributed by atoms with Crippen molar-refractivity contribution in [1.82, 2.24) is 5.32 Å². The molecule has 1 unspecified atom stereocenters. The van der Waals surface area contributed by atoms with E-state index in [1.165, 1.54) is 24.8 Å². The van der Waals surface area contributed by atoms with Crippen molar-refractivity contribution >= 4 is 0 Å². The SMILES string of the molecule is CC(CC1CC1)NCCc1ccc2c(c1)OCCO2. The van der Waals surface area contributed by atoms with Crippen LogP contribution in [0.25, 0.3) is 0 Å². The highest BCUT2D eigenvalue weighted by Crippen LogP contribution is 2.33. The second kappa shape index (κ2) is 5.83. The van der Waals surface area contributed by atoms with Gasteiger partial charge in [0, 0.05) is 6.04 Å². The van der Waals surface area contributed by atoms with Gasteiger partial charge in [0.15, 0.2) is 11.5 Å². The van der Waals surface area contributed by atoms with Crippen LogP contribution in [0.15, 0.2) is 18.2 Å². The van der Waals surface area contributed by atoms with E-state index in [1.54, 1.807) is 0 Å². The molecule has 0 amide bonds. The first kappa shape index (κ1) is 12.8. The molecule has 104 valence electrons. The highest BCUT2D eigenvalue weighted by Gasteiger charge is 2.23. The van der Waals surface area contributed by atoms with E-state index in [-0.39, 0.29) is 0 Å². The van der Waals surface area contributed by atoms with Gasteiger partial charge in [-0.25, -0.2) is 0 Å². The molecule has 0 bridgehead atoms. The molecule has 2 aliphatic rings. The highest BCUT2D eigenvalue weighted by molar-refractivity contribution is 5.43. The van der Waals surface area contributed by atoms with Crippen LogP contribution in [-0.4, -0.2) is 25.8 Å². The summed E-state index contributed by atoms with van der Waals surface area (Å²) >= 11 is 0. The fraction of sp³-hybridized carbons (Fsp3) is 0.625. The molecule has 1 fully saturated rings. The second-order valence-corrected chi connectivity index (χ2v) is 5.76. The lowest BCUT2D eigenvalue weighted by atomic mass is 10.1. The van der Waals surface area contributed by atoms with Crippen LogP contribution in [0, 0.1) is 5.92 Å². The van der Waals surface area contributed by atoms with Gasteiger partial charge in [0.25, 0.3) is 0 Å². The highest BCUT2D eigenvalue weighted by atomic mass is 16.6. The largest absolute Gasteiger partial charge is 0.486 e. The van der Waals surface area contributed by atoms with Crippen molar-refractivity contribution < 1.29 is 9.47 Å². The maximum absolute atomic E-state index is 5.61. The molecule has 1 heterocycles. The van der Waals surface area contributed by atoms with Crippen molar-refractivity contribution in [1.29, 1.82) is 0 Å². The number of ether oxygens (including phenoxy) is 2. The van der Waals surface area contributed by atoms with Gasteiger partial charge in [-0.05, 0) is 49.9 Å². The zero-order chi connectivity index (χ0) is 13.1. The zero-order valence-corrected chi connectivity index (χ0v) is 11.7. The summed E-state index contributed by atoms with van der Waals surface area (Å²) in [7, 11) is 0. The van der Waals surface area contributed by atoms with Crippen LogP contribution in [-0.2, 0) is 6.42 Å². The van der Waals surface area contributed by atoms with E-state index in [9.17, 15) is 0 Å². The minimum absolute atomic E-state index is 0.643. The van der Waals surface area contributed by atoms with Crippen LogP contribution in [0.3, 0.4) is 0 Å². The predicted octanol–water partition coefficient (Wildman–Crippen LogP) is 2.78. The van der Waals surface area contributed by atoms with E-state index in [0.29, 0.717) is 19.3 Å². The molecule has 1 aromatic rings. The van der Waals surface area contributed by atoms with Crippen LogP contribution in [0.5, 0.6) is 11.5 Å². The first-order chi connectivity index (χ1) is 9.31. The third-order valence-corrected chi connectivity index (χ3v) is 3.90. The number of hydrogen-bond donors (Lipinski definition) is 1. The van der Waals surface area contributed by atoms with Gasteiger partial charge in [0.1, 0.15) is 13.2 Å². The van der Waals surface area contributed by atoms with Crippen LogP contribution in [0.1, 0.15) is 31.7 Å². The maximum Gasteiger partial charge on any atom is 0.161 e. The Kier molecular flexibility index (Phi) is 3.92. The Labute approximate surface area is 115 Å². The minimum Gasteiger partial charge on any atom is -0.486 e. The summed E-state index contributed by atoms with van der Waals surface area (Å²) in [6.45, 7) is 4.65. The Morgan fingerprint density at radius 3 is 2.79 bits per heavy atom. The molecule has 0 spiro atoms. The second-order valence-electron chi connectivity index (χ2n) is 5.76. The fourth-order valence-corrected chi connectivity index (χ4v) is 2.64. The third kappa shape index (κ3) is 3.63. The first-order valence-electron chi connectivity index (χ1n) is 7.43. The standard InChI is InChI=1S/C16H23NO2/c1-12(10-13-2-3-13)17-7-6-14-4-5-15-16(11-14)19-9-8-18-15/h4-5,11-13,17H,2-3,6-10H2,1H3. The van der Waals surface area contributed by atoms with Crippen molar-refractivity contribution in [3.05, 3.63) is 23.8 Å². The number of hydrogen-bond acceptors (Lipinski definition) is 3. The molecule has 0 aromatic heterocycles. The molecule has 1 atom stereocenters. The summed E-state index contributed by atoms with van der Waals surface area (Å²) in [5, 5.41) is 3.61. The van der Waals surface area contributed by atoms with E-state index < -0.39 is 0 Å². The Morgan fingerprint density at radius 2 is 2.00 bits per heavy atom. The molecular formula is C16H23NO2. The average molecular weight is 261 g/mol. The van der Waals surface area contributed by atoms with Crippen molar-refractivity contribution in [3.63, 3.8) is 0 Å². The van der Waals surface area contributed by atoms with Crippen molar-refractivity contribution in [2.45, 2.75) is 38.6 Å². The third-order valence-electron chi connectivity index (χ3n) is 3.90. The Morgan fingerprint density at radius 1 is 1.21 bits per heavy atom. The lowest BCUT2D eigenvalue weighted by Gasteiger charge is -2.19. The Balaban J connectivity index is 1.46. The van der Waals surface area contributed by atoms with Gasteiger partial charge in [-0.1, -0.05) is 18.9 Å². The fourth-order valence-electron chi connectivity index (χ4n) is 2.64. The number of benzene rings is 1. The van der Waals surface area contributed by atoms with Gasteiger partial charge in [0.2, 0.25) is 0 Å². The van der Waals surface area contributed by atoms with Gasteiger partial charge in [-0.15, -0.1) is 0 Å². The molecular weight excluding hydrogens is 238 g/mol. The molecule has 3 rings (SSSR count). The first-order valence-corrected chi connectivity index (χ1v) is 7.43. The quantitative estimate of drug-likeness (QED) is 0.854. The van der Waals surface area contributed by atoms with E-state index in [0.717, 1.165) is 30.4 Å². The van der Waals surface area contributed by atoms with Crippen LogP contribution < -0.4 is 14.8 Å². The summed E-state index contributed by atoms with van der Waals surface area (Å²) < 4.78 is 11.1. The van der Waals surface area contributed by atoms with Crippen LogP contribution in [0.4, 0.5) is 0 Å². The summed E-state index contributed by atoms with van der Waals surface area (Å²) in [5.74, 6) is 2.77. The molecule has 3 nitrogen and oxygen atoms in total. The van der Waals surface area contributed by atoms with Crippen molar-refractivity contribution in [3.8, 4) is 11.5 Å². The molecule has 1 aliphatic carbocycles. The zero-order valence-electron chi connectivity index (χ0n) is 11.7. The minimum atomic E-state index is 0.643. The summed E-state index contributed by atoms with van der Waals surface area (Å²) in [5.41, 5.74) is 1.32. The van der Waals surface area contributed by atoms with Gasteiger partial charge in [-0.2, -0.15) is 0 Å². The van der Waals surface area contributed by atoms with E-state index >= 15 is 0 Å². The van der Waals surface area contributed by atoms with Gasteiger partial charge in [-0.3, -0.25) is 0 Å². The summed E-state index contributed by atoms with van der Waals surface area (Å²) in [6.07, 6.45) is 5.26. The number of nitrogens with one attached hydrogen (secondary N) is 1. The van der Waals surface area contributed by atoms with Crippen molar-refractivity contribution in [2.24, 2.45) is 5.92 Å². The smallest absolute Gasteiger partial charge is 0.161 e. The summed E-state index contributed by atoms with van der Waals surface area (Å²) in [6, 6.07) is 6.92. The molecule has 1 aliphatic heterocycles. The van der Waals surface area contributed by atoms with Gasteiger partial charge >= 0.3 is 0 Å². The van der Waals surface area contributed by atoms with E-state index in [4.69, 9.17) is 9.47 Å². The molecule has 1 aromatic carbocycles. The lowest BCUT2D eigenvalue weighted by molar-refractivity contribution is 0.171. The molecule has 1 N–H and O–H groups in total. The van der Waals surface area contributed by atoms with E-state index in [1.807, 2.05) is 6.07 Å². The molecule has 3 heteroatoms. The molecule has 19 heavy (non-hydrogen) atoms. The predicted molar refractivity (Wildman–Crippen MR) is 75.9 cm³/mol. The monoisotopic (exact) mass is 261 g/mol. The van der Waals surface area contributed by atoms with E-state index in [2.05, 4.69) is 24.4 Å². The maximum atomic E-state index is 5.61. The lowest BCUT2D eigenvalue weighted by Crippen LogP contribution is -2.28. The number of rotatable bonds is 6. The van der Waals surface area contributed by atoms with Crippen LogP contribution >= 0.6 is 0 Å². The summed E-state index contributed by atoms with van der Waals surface area (Å²) in [4.78, 5) is 0. The average Bonchev–Trinajstić information content (AvgIpc) is 3.22. The Hall–Kier alpha value is -1.22. The normalized spacial score (nSPS) is 19.2. The molecule has 0 radical (unpaired) electrons. The van der Waals surface area contributed by atoms with Gasteiger partial charge < -0.3 is 14.8 Å². The molecule has 0 saturated heterocycles. The number of fused-ring (bicyclic) bond motifs is 1. The van der Waals surface area contributed by atoms with Crippen LogP contribution in [0.2, 0.25) is 0 Å². The topological polar surface area (TPSA) is 30.5 Å². The van der Waals surface area contributed by atoms with Gasteiger partial charge in [0.05, 0.1) is 0 Å². The Bertz CT molecular complexity index is 429. The van der Waals surface area contributed by atoms with Crippen molar-refractivity contribution in [2.75, 3.05) is 19.8 Å².